The first-order chi connectivity index (χ1) is 8.54. The summed E-state index contributed by atoms with van der Waals surface area (Å²) in [6.07, 6.45) is 2.97. The molecule has 1 aromatic heterocycles. The van der Waals surface area contributed by atoms with Crippen LogP contribution in [-0.4, -0.2) is 37.9 Å². The first-order valence-corrected chi connectivity index (χ1v) is 7.93. The molecule has 0 bridgehead atoms. The van der Waals surface area contributed by atoms with Crippen LogP contribution >= 0.6 is 11.3 Å². The van der Waals surface area contributed by atoms with Crippen molar-refractivity contribution in [2.24, 2.45) is 4.99 Å². The van der Waals surface area contributed by atoms with E-state index < -0.39 is 10.0 Å². The maximum Gasteiger partial charge on any atom is 0.252 e. The van der Waals surface area contributed by atoms with E-state index in [1.807, 2.05) is 6.92 Å². The number of thiophene rings is 1. The van der Waals surface area contributed by atoms with E-state index in [4.69, 9.17) is 0 Å². The highest BCUT2D eigenvalue weighted by atomic mass is 32.2. The fraction of sp³-hybridized carbons (Fsp3) is 0.545. The monoisotopic (exact) mass is 286 g/mol. The van der Waals surface area contributed by atoms with E-state index >= 15 is 0 Å². The van der Waals surface area contributed by atoms with Crippen molar-refractivity contribution in [1.29, 1.82) is 0 Å². The fourth-order valence-electron chi connectivity index (χ4n) is 2.00. The molecule has 1 unspecified atom stereocenters. The van der Waals surface area contributed by atoms with Gasteiger partial charge in [-0.2, -0.15) is 4.31 Å². The van der Waals surface area contributed by atoms with Crippen LogP contribution in [-0.2, 0) is 14.8 Å². The average molecular weight is 286 g/mol. The fourth-order valence-corrected chi connectivity index (χ4v) is 4.95. The molecule has 1 fully saturated rings. The lowest BCUT2D eigenvalue weighted by molar-refractivity contribution is 0.317. The maximum atomic E-state index is 12.3. The second kappa shape index (κ2) is 5.32. The molecule has 1 aromatic rings. The number of hydrogen-bond donors (Lipinski definition) is 0. The highest BCUT2D eigenvalue weighted by molar-refractivity contribution is 7.91. The van der Waals surface area contributed by atoms with Gasteiger partial charge in [-0.25, -0.2) is 18.2 Å². The minimum absolute atomic E-state index is 0.257. The molecule has 0 radical (unpaired) electrons. The van der Waals surface area contributed by atoms with Gasteiger partial charge in [-0.15, -0.1) is 11.3 Å². The molecule has 1 atom stereocenters. The van der Waals surface area contributed by atoms with Crippen molar-refractivity contribution in [2.75, 3.05) is 13.1 Å². The van der Waals surface area contributed by atoms with Crippen LogP contribution in [0.3, 0.4) is 0 Å². The first-order valence-electron chi connectivity index (χ1n) is 5.67. The molecule has 1 saturated heterocycles. The Morgan fingerprint density at radius 1 is 1.50 bits per heavy atom. The SMILES string of the molecule is Cc1ccc(S(=O)(=O)N2CCCC(N=C=O)C2)s1. The molecule has 1 aliphatic heterocycles. The summed E-state index contributed by atoms with van der Waals surface area (Å²) >= 11 is 1.27. The molecule has 2 heterocycles. The topological polar surface area (TPSA) is 66.8 Å². The average Bonchev–Trinajstić information content (AvgIpc) is 2.77. The number of sulfonamides is 1. The quantitative estimate of drug-likeness (QED) is 0.625. The minimum atomic E-state index is -3.43. The van der Waals surface area contributed by atoms with Gasteiger partial charge >= 0.3 is 0 Å². The molecule has 7 heteroatoms. The van der Waals surface area contributed by atoms with Crippen LogP contribution in [0.1, 0.15) is 17.7 Å². The van der Waals surface area contributed by atoms with Gasteiger partial charge in [-0.05, 0) is 31.9 Å². The van der Waals surface area contributed by atoms with Gasteiger partial charge in [0.2, 0.25) is 6.08 Å². The highest BCUT2D eigenvalue weighted by Crippen LogP contribution is 2.27. The molecule has 0 aromatic carbocycles. The number of aryl methyl sites for hydroxylation is 1. The van der Waals surface area contributed by atoms with Crippen molar-refractivity contribution in [2.45, 2.75) is 30.0 Å². The Morgan fingerprint density at radius 2 is 2.28 bits per heavy atom. The van der Waals surface area contributed by atoms with Crippen molar-refractivity contribution in [3.63, 3.8) is 0 Å². The molecular formula is C11H14N2O3S2. The number of isocyanates is 1. The van der Waals surface area contributed by atoms with Gasteiger partial charge < -0.3 is 0 Å². The number of piperidine rings is 1. The smallest absolute Gasteiger partial charge is 0.211 e. The van der Waals surface area contributed by atoms with E-state index in [1.54, 1.807) is 12.1 Å². The second-order valence-corrected chi connectivity index (χ2v) is 7.70. The Bertz CT molecular complexity index is 573. The van der Waals surface area contributed by atoms with Gasteiger partial charge in [0.05, 0.1) is 6.04 Å². The summed E-state index contributed by atoms with van der Waals surface area (Å²) in [5.74, 6) is 0. The van der Waals surface area contributed by atoms with Crippen LogP contribution in [0.25, 0.3) is 0 Å². The summed E-state index contributed by atoms with van der Waals surface area (Å²) in [6.45, 7) is 2.64. The molecule has 0 N–H and O–H groups in total. The van der Waals surface area contributed by atoms with E-state index in [2.05, 4.69) is 4.99 Å². The van der Waals surface area contributed by atoms with E-state index in [9.17, 15) is 13.2 Å². The molecule has 0 spiro atoms. The number of hydrogen-bond acceptors (Lipinski definition) is 5. The summed E-state index contributed by atoms with van der Waals surface area (Å²) in [6, 6.07) is 3.16. The predicted molar refractivity (Wildman–Crippen MR) is 69.0 cm³/mol. The third-order valence-corrected chi connectivity index (χ3v) is 6.24. The zero-order valence-electron chi connectivity index (χ0n) is 10.00. The summed E-state index contributed by atoms with van der Waals surface area (Å²) in [5.41, 5.74) is 0. The lowest BCUT2D eigenvalue weighted by Crippen LogP contribution is -2.41. The molecule has 18 heavy (non-hydrogen) atoms. The van der Waals surface area contributed by atoms with E-state index in [-0.39, 0.29) is 12.6 Å². The van der Waals surface area contributed by atoms with Gasteiger partial charge in [0, 0.05) is 18.0 Å². The van der Waals surface area contributed by atoms with Crippen LogP contribution in [0.4, 0.5) is 0 Å². The minimum Gasteiger partial charge on any atom is -0.211 e. The lowest BCUT2D eigenvalue weighted by Gasteiger charge is -2.28. The number of aliphatic imine (C=N–C) groups is 1. The van der Waals surface area contributed by atoms with E-state index in [0.29, 0.717) is 10.8 Å². The molecule has 5 nitrogen and oxygen atoms in total. The molecule has 98 valence electrons. The number of nitrogens with zero attached hydrogens (tertiary/aromatic N) is 2. The predicted octanol–water partition coefficient (Wildman–Crippen LogP) is 1.55. The van der Waals surface area contributed by atoms with Gasteiger partial charge in [-0.3, -0.25) is 0 Å². The summed E-state index contributed by atoms with van der Waals surface area (Å²) in [4.78, 5) is 14.8. The van der Waals surface area contributed by atoms with Crippen molar-refractivity contribution in [3.8, 4) is 0 Å². The molecule has 1 aliphatic rings. The third kappa shape index (κ3) is 2.70. The van der Waals surface area contributed by atoms with Crippen LogP contribution < -0.4 is 0 Å². The molecule has 0 saturated carbocycles. The molecule has 0 amide bonds. The lowest BCUT2D eigenvalue weighted by atomic mass is 10.1. The van der Waals surface area contributed by atoms with Crippen LogP contribution in [0.5, 0.6) is 0 Å². The largest absolute Gasteiger partial charge is 0.252 e. The van der Waals surface area contributed by atoms with Gasteiger partial charge in [0.25, 0.3) is 10.0 Å². The van der Waals surface area contributed by atoms with Gasteiger partial charge in [0.15, 0.2) is 0 Å². The number of rotatable bonds is 3. The summed E-state index contributed by atoms with van der Waals surface area (Å²) in [5, 5.41) is 0. The third-order valence-electron chi connectivity index (χ3n) is 2.90. The van der Waals surface area contributed by atoms with Crippen LogP contribution in [0.15, 0.2) is 21.3 Å². The van der Waals surface area contributed by atoms with Crippen molar-refractivity contribution in [3.05, 3.63) is 17.0 Å². The van der Waals surface area contributed by atoms with Crippen LogP contribution in [0.2, 0.25) is 0 Å². The Labute approximate surface area is 110 Å². The summed E-state index contributed by atoms with van der Waals surface area (Å²) in [7, 11) is -3.43. The Morgan fingerprint density at radius 3 is 2.89 bits per heavy atom. The van der Waals surface area contributed by atoms with E-state index in [1.165, 1.54) is 21.7 Å². The first kappa shape index (κ1) is 13.4. The Balaban J connectivity index is 2.22. The normalized spacial score (nSPS) is 21.5. The van der Waals surface area contributed by atoms with Gasteiger partial charge in [0.1, 0.15) is 4.21 Å². The maximum absolute atomic E-state index is 12.3. The Hall–Kier alpha value is -1.01. The zero-order valence-corrected chi connectivity index (χ0v) is 11.6. The standard InChI is InChI=1S/C11H14N2O3S2/c1-9-4-5-11(17-9)18(15,16)13-6-2-3-10(7-13)12-8-14/h4-5,10H,2-3,6-7H2,1H3. The highest BCUT2D eigenvalue weighted by Gasteiger charge is 2.30. The van der Waals surface area contributed by atoms with Gasteiger partial charge in [-0.1, -0.05) is 0 Å². The number of carbonyl (C=O) groups excluding carboxylic acids is 1. The summed E-state index contributed by atoms with van der Waals surface area (Å²) < 4.78 is 26.5. The van der Waals surface area contributed by atoms with Crippen LogP contribution in [0, 0.1) is 6.92 Å². The second-order valence-electron chi connectivity index (χ2n) is 4.24. The molecule has 0 aliphatic carbocycles. The zero-order chi connectivity index (χ0) is 13.2. The molecular weight excluding hydrogens is 272 g/mol. The van der Waals surface area contributed by atoms with E-state index in [0.717, 1.165) is 17.7 Å². The van der Waals surface area contributed by atoms with Crippen molar-refractivity contribution < 1.29 is 13.2 Å². The molecule has 2 rings (SSSR count). The van der Waals surface area contributed by atoms with Crippen molar-refractivity contribution in [1.82, 2.24) is 4.31 Å². The van der Waals surface area contributed by atoms with Crippen molar-refractivity contribution >= 4 is 27.4 Å². The Kier molecular flexibility index (Phi) is 3.97.